The summed E-state index contributed by atoms with van der Waals surface area (Å²) in [5.41, 5.74) is 20.3. The van der Waals surface area contributed by atoms with Gasteiger partial charge in [-0.15, -0.1) is 0 Å². The number of rotatable bonds is 8. The molecule has 0 fully saturated rings. The van der Waals surface area contributed by atoms with Crippen molar-refractivity contribution < 1.29 is 0 Å². The molecule has 1 aliphatic heterocycles. The molecule has 2 atom stereocenters. The molecule has 0 saturated carbocycles. The van der Waals surface area contributed by atoms with E-state index in [0.717, 1.165) is 12.8 Å². The summed E-state index contributed by atoms with van der Waals surface area (Å²) in [6.07, 6.45) is 7.09. The molecular formula is C57H44N2. The van der Waals surface area contributed by atoms with Crippen molar-refractivity contribution in [1.29, 1.82) is 0 Å². The van der Waals surface area contributed by atoms with Gasteiger partial charge in [-0.25, -0.2) is 0 Å². The normalized spacial score (nSPS) is 15.2. The predicted octanol–water partition coefficient (Wildman–Crippen LogP) is 14.9. The zero-order valence-corrected chi connectivity index (χ0v) is 33.2. The SMILES string of the molecule is CCCc1cccc(-c2ccc(-c3ccc(N4c5ccccc5C5c6c(n(-c7ccc(-c8ccccc8-c8ccccc8)cc7)c7ccccc67)C=CC54)cc3)cc2)c1. The van der Waals surface area contributed by atoms with Crippen molar-refractivity contribution in [3.8, 4) is 50.2 Å². The Bertz CT molecular complexity index is 2990. The van der Waals surface area contributed by atoms with Crippen LogP contribution in [-0.4, -0.2) is 10.6 Å². The van der Waals surface area contributed by atoms with Gasteiger partial charge < -0.3 is 9.47 Å². The van der Waals surface area contributed by atoms with Crippen LogP contribution in [0.25, 0.3) is 67.2 Å². The third kappa shape index (κ3) is 6.03. The highest BCUT2D eigenvalue weighted by Gasteiger charge is 2.43. The van der Waals surface area contributed by atoms with Crippen LogP contribution in [0.1, 0.15) is 41.6 Å². The Balaban J connectivity index is 0.933. The third-order valence-corrected chi connectivity index (χ3v) is 12.5. The minimum atomic E-state index is 0.157. The fraction of sp³-hybridized carbons (Fsp3) is 0.0877. The fourth-order valence-corrected chi connectivity index (χ4v) is 9.80. The van der Waals surface area contributed by atoms with Crippen molar-refractivity contribution in [1.82, 2.24) is 4.57 Å². The lowest BCUT2D eigenvalue weighted by Gasteiger charge is -2.31. The lowest BCUT2D eigenvalue weighted by atomic mass is 9.82. The van der Waals surface area contributed by atoms with Crippen LogP contribution in [0.5, 0.6) is 0 Å². The molecule has 2 aliphatic rings. The fourth-order valence-electron chi connectivity index (χ4n) is 9.80. The molecule has 1 aliphatic carbocycles. The lowest BCUT2D eigenvalue weighted by molar-refractivity contribution is 0.725. The highest BCUT2D eigenvalue weighted by Crippen LogP contribution is 2.54. The smallest absolute Gasteiger partial charge is 0.0637 e. The molecule has 9 aromatic rings. The van der Waals surface area contributed by atoms with E-state index in [1.54, 1.807) is 0 Å². The first-order valence-electron chi connectivity index (χ1n) is 21.0. The van der Waals surface area contributed by atoms with Gasteiger partial charge in [0, 0.05) is 28.4 Å². The molecule has 0 amide bonds. The van der Waals surface area contributed by atoms with E-state index < -0.39 is 0 Å². The van der Waals surface area contributed by atoms with Gasteiger partial charge in [-0.3, -0.25) is 0 Å². The van der Waals surface area contributed by atoms with Gasteiger partial charge in [0.25, 0.3) is 0 Å². The van der Waals surface area contributed by atoms with E-state index >= 15 is 0 Å². The Hall–Kier alpha value is -7.16. The average molecular weight is 757 g/mol. The van der Waals surface area contributed by atoms with Crippen molar-refractivity contribution in [3.63, 3.8) is 0 Å². The monoisotopic (exact) mass is 756 g/mol. The molecule has 8 aromatic carbocycles. The molecule has 59 heavy (non-hydrogen) atoms. The molecule has 0 bridgehead atoms. The van der Waals surface area contributed by atoms with E-state index in [1.807, 2.05) is 0 Å². The van der Waals surface area contributed by atoms with Gasteiger partial charge >= 0.3 is 0 Å². The second-order valence-corrected chi connectivity index (χ2v) is 15.9. The summed E-state index contributed by atoms with van der Waals surface area (Å²) in [4.78, 5) is 2.56. The molecule has 0 spiro atoms. The number of para-hydroxylation sites is 2. The molecule has 0 radical (unpaired) electrons. The summed E-state index contributed by atoms with van der Waals surface area (Å²) in [5.74, 6) is 0.192. The third-order valence-electron chi connectivity index (χ3n) is 12.5. The maximum atomic E-state index is 2.56. The van der Waals surface area contributed by atoms with Crippen LogP contribution in [0, 0.1) is 0 Å². The van der Waals surface area contributed by atoms with Crippen LogP contribution in [0.3, 0.4) is 0 Å². The van der Waals surface area contributed by atoms with Gasteiger partial charge in [0.15, 0.2) is 0 Å². The minimum Gasteiger partial charge on any atom is -0.333 e. The van der Waals surface area contributed by atoms with Crippen molar-refractivity contribution in [3.05, 3.63) is 229 Å². The largest absolute Gasteiger partial charge is 0.333 e. The number of nitrogens with zero attached hydrogens (tertiary/aromatic N) is 2. The first-order valence-corrected chi connectivity index (χ1v) is 21.0. The van der Waals surface area contributed by atoms with E-state index in [0.29, 0.717) is 0 Å². The highest BCUT2D eigenvalue weighted by atomic mass is 15.2. The number of anilines is 2. The Morgan fingerprint density at radius 2 is 1.05 bits per heavy atom. The van der Waals surface area contributed by atoms with Crippen LogP contribution in [-0.2, 0) is 6.42 Å². The topological polar surface area (TPSA) is 8.17 Å². The molecule has 0 saturated heterocycles. The van der Waals surface area contributed by atoms with Gasteiger partial charge in [-0.2, -0.15) is 0 Å². The van der Waals surface area contributed by atoms with Crippen molar-refractivity contribution >= 4 is 28.4 Å². The number of hydrogen-bond donors (Lipinski definition) is 0. The molecule has 2 heterocycles. The van der Waals surface area contributed by atoms with E-state index in [4.69, 9.17) is 0 Å². The summed E-state index contributed by atoms with van der Waals surface area (Å²) < 4.78 is 2.47. The number of aryl methyl sites for hydroxylation is 1. The van der Waals surface area contributed by atoms with Crippen LogP contribution in [0.15, 0.2) is 206 Å². The number of fused-ring (bicyclic) bond motifs is 7. The maximum Gasteiger partial charge on any atom is 0.0637 e. The Labute approximate surface area is 347 Å². The molecular weight excluding hydrogens is 713 g/mol. The highest BCUT2D eigenvalue weighted by molar-refractivity contribution is 5.95. The number of benzene rings is 8. The molecule has 2 heteroatoms. The standard InChI is InChI=1S/C57H44N2/c1-2-13-39-14-12-17-45(38-39)42-26-24-40(25-27-42)41-28-32-46(33-29-41)58-52-22-10-8-20-50(52)56-54(58)36-37-55-57(56)51-21-9-11-23-53(51)59(55)47-34-30-44(31-35-47)49-19-7-6-18-48(49)43-15-4-3-5-16-43/h3-12,14-38,54,56H,2,13H2,1H3. The van der Waals surface area contributed by atoms with E-state index in [2.05, 4.69) is 229 Å². The molecule has 0 N–H and O–H groups in total. The molecule has 2 unspecified atom stereocenters. The van der Waals surface area contributed by atoms with Crippen molar-refractivity contribution in [2.24, 2.45) is 0 Å². The second kappa shape index (κ2) is 14.7. The zero-order chi connectivity index (χ0) is 39.3. The lowest BCUT2D eigenvalue weighted by Crippen LogP contribution is -2.30. The van der Waals surface area contributed by atoms with Crippen molar-refractivity contribution in [2.75, 3.05) is 4.90 Å². The van der Waals surface area contributed by atoms with Crippen LogP contribution in [0.4, 0.5) is 11.4 Å². The average Bonchev–Trinajstić information content (AvgIpc) is 3.83. The van der Waals surface area contributed by atoms with E-state index in [1.165, 1.54) is 94.9 Å². The summed E-state index contributed by atoms with van der Waals surface area (Å²) in [5, 5.41) is 1.31. The zero-order valence-electron chi connectivity index (χ0n) is 33.2. The summed E-state index contributed by atoms with van der Waals surface area (Å²) in [6.45, 7) is 2.24. The first-order chi connectivity index (χ1) is 29.2. The summed E-state index contributed by atoms with van der Waals surface area (Å²) in [6, 6.07) is 73.9. The maximum absolute atomic E-state index is 2.56. The van der Waals surface area contributed by atoms with Gasteiger partial charge in [0.05, 0.1) is 17.3 Å². The number of hydrogen-bond acceptors (Lipinski definition) is 1. The van der Waals surface area contributed by atoms with Gasteiger partial charge in [0.2, 0.25) is 0 Å². The Morgan fingerprint density at radius 3 is 1.80 bits per heavy atom. The van der Waals surface area contributed by atoms with E-state index in [9.17, 15) is 0 Å². The van der Waals surface area contributed by atoms with Gasteiger partial charge in [0.1, 0.15) is 0 Å². The second-order valence-electron chi connectivity index (χ2n) is 15.9. The van der Waals surface area contributed by atoms with E-state index in [-0.39, 0.29) is 12.0 Å². The quantitative estimate of drug-likeness (QED) is 0.150. The first kappa shape index (κ1) is 35.0. The Morgan fingerprint density at radius 1 is 0.475 bits per heavy atom. The summed E-state index contributed by atoms with van der Waals surface area (Å²) >= 11 is 0. The van der Waals surface area contributed by atoms with Gasteiger partial charge in [-0.1, -0.05) is 183 Å². The van der Waals surface area contributed by atoms with Crippen LogP contribution < -0.4 is 4.90 Å². The van der Waals surface area contributed by atoms with Crippen LogP contribution >= 0.6 is 0 Å². The molecule has 1 aromatic heterocycles. The molecule has 11 rings (SSSR count). The van der Waals surface area contributed by atoms with Crippen LogP contribution in [0.2, 0.25) is 0 Å². The molecule has 282 valence electrons. The summed E-state index contributed by atoms with van der Waals surface area (Å²) in [7, 11) is 0. The Kier molecular flexibility index (Phi) is 8.70. The minimum absolute atomic E-state index is 0.157. The number of aromatic nitrogens is 1. The molecule has 2 nitrogen and oxygen atoms in total. The van der Waals surface area contributed by atoms with Gasteiger partial charge in [-0.05, 0) is 110 Å². The predicted molar refractivity (Wildman–Crippen MR) is 249 cm³/mol. The van der Waals surface area contributed by atoms with Crippen molar-refractivity contribution in [2.45, 2.75) is 31.7 Å².